The number of carbonyl (C=O) groups excluding carboxylic acids is 1. The van der Waals surface area contributed by atoms with E-state index in [-0.39, 0.29) is 6.04 Å². The minimum Gasteiger partial charge on any atom is -0.479 e. The predicted octanol–water partition coefficient (Wildman–Crippen LogP) is 3.53. The van der Waals surface area contributed by atoms with Crippen LogP contribution in [0.4, 0.5) is 4.79 Å². The van der Waals surface area contributed by atoms with Gasteiger partial charge in [0, 0.05) is 10.9 Å². The van der Waals surface area contributed by atoms with Crippen molar-refractivity contribution in [3.63, 3.8) is 0 Å². The average Bonchev–Trinajstić information content (AvgIpc) is 2.94. The Morgan fingerprint density at radius 3 is 2.62 bits per heavy atom. The smallest absolute Gasteiger partial charge is 0.331 e. The van der Waals surface area contributed by atoms with Gasteiger partial charge in [-0.2, -0.15) is 0 Å². The van der Waals surface area contributed by atoms with E-state index in [1.807, 2.05) is 6.92 Å². The van der Waals surface area contributed by atoms with E-state index >= 15 is 0 Å². The van der Waals surface area contributed by atoms with Gasteiger partial charge in [0.05, 0.1) is 0 Å². The van der Waals surface area contributed by atoms with Crippen LogP contribution < -0.4 is 10.6 Å². The minimum absolute atomic E-state index is 0.0413. The molecule has 0 aliphatic carbocycles. The Morgan fingerprint density at radius 1 is 1.29 bits per heavy atom. The van der Waals surface area contributed by atoms with E-state index in [0.717, 1.165) is 19.3 Å². The Kier molecular flexibility index (Phi) is 7.82. The Hall–Kier alpha value is -1.56. The second-order valence-corrected chi connectivity index (χ2v) is 6.13. The molecule has 21 heavy (non-hydrogen) atoms. The van der Waals surface area contributed by atoms with Gasteiger partial charge in [0.15, 0.2) is 6.04 Å². The van der Waals surface area contributed by atoms with E-state index in [1.54, 1.807) is 17.5 Å². The average molecular weight is 312 g/mol. The van der Waals surface area contributed by atoms with Crippen molar-refractivity contribution in [1.29, 1.82) is 0 Å². The summed E-state index contributed by atoms with van der Waals surface area (Å²) in [5, 5.41) is 16.3. The number of amides is 2. The van der Waals surface area contributed by atoms with E-state index in [0.29, 0.717) is 4.88 Å². The molecule has 0 saturated heterocycles. The lowest BCUT2D eigenvalue weighted by Crippen LogP contribution is -2.44. The minimum atomic E-state index is -1.05. The fourth-order valence-electron chi connectivity index (χ4n) is 2.06. The standard InChI is InChI=1S/C15H24N2O3S/c1-3-4-5-6-8-11(2)16-15(20)17-13(14(18)19)12-9-7-10-21-12/h7,9-11,13H,3-6,8H2,1-2H3,(H,18,19)(H2,16,17,20). The molecule has 1 heterocycles. The second kappa shape index (κ2) is 9.39. The van der Waals surface area contributed by atoms with E-state index in [4.69, 9.17) is 0 Å². The van der Waals surface area contributed by atoms with Crippen molar-refractivity contribution in [3.05, 3.63) is 22.4 Å². The molecule has 0 aliphatic heterocycles. The summed E-state index contributed by atoms with van der Waals surface area (Å²) in [6.07, 6.45) is 5.53. The lowest BCUT2D eigenvalue weighted by atomic mass is 10.1. The molecule has 3 N–H and O–H groups in total. The first kappa shape index (κ1) is 17.5. The first-order valence-electron chi connectivity index (χ1n) is 7.37. The number of hydrogen-bond donors (Lipinski definition) is 3. The molecule has 0 spiro atoms. The molecular weight excluding hydrogens is 288 g/mol. The van der Waals surface area contributed by atoms with Crippen molar-refractivity contribution in [3.8, 4) is 0 Å². The number of rotatable bonds is 9. The Bertz CT molecular complexity index is 434. The zero-order valence-electron chi connectivity index (χ0n) is 12.6. The molecule has 0 radical (unpaired) electrons. The van der Waals surface area contributed by atoms with Crippen LogP contribution in [0.2, 0.25) is 0 Å². The van der Waals surface area contributed by atoms with Gasteiger partial charge in [-0.15, -0.1) is 11.3 Å². The molecule has 0 saturated carbocycles. The van der Waals surface area contributed by atoms with Gasteiger partial charge in [0.1, 0.15) is 0 Å². The number of carbonyl (C=O) groups is 2. The third-order valence-corrected chi connectivity index (χ3v) is 4.16. The largest absolute Gasteiger partial charge is 0.479 e. The maximum atomic E-state index is 11.9. The molecular formula is C15H24N2O3S. The Morgan fingerprint density at radius 2 is 2.05 bits per heavy atom. The summed E-state index contributed by atoms with van der Waals surface area (Å²) >= 11 is 1.32. The highest BCUT2D eigenvalue weighted by molar-refractivity contribution is 7.10. The van der Waals surface area contributed by atoms with Crippen LogP contribution in [0.25, 0.3) is 0 Å². The van der Waals surface area contributed by atoms with Crippen molar-refractivity contribution in [2.24, 2.45) is 0 Å². The van der Waals surface area contributed by atoms with Gasteiger partial charge < -0.3 is 15.7 Å². The molecule has 0 bridgehead atoms. The lowest BCUT2D eigenvalue weighted by molar-refractivity contribution is -0.139. The summed E-state index contributed by atoms with van der Waals surface area (Å²) in [6.45, 7) is 4.10. The first-order chi connectivity index (χ1) is 10.0. The zero-order chi connectivity index (χ0) is 15.7. The molecule has 5 nitrogen and oxygen atoms in total. The van der Waals surface area contributed by atoms with Crippen LogP contribution in [0.1, 0.15) is 56.9 Å². The van der Waals surface area contributed by atoms with E-state index < -0.39 is 18.0 Å². The molecule has 0 aromatic carbocycles. The van der Waals surface area contributed by atoms with Crippen molar-refractivity contribution < 1.29 is 14.7 Å². The molecule has 2 amide bonds. The first-order valence-corrected chi connectivity index (χ1v) is 8.25. The highest BCUT2D eigenvalue weighted by atomic mass is 32.1. The Labute approximate surface area is 129 Å². The van der Waals surface area contributed by atoms with Gasteiger partial charge in [0.25, 0.3) is 0 Å². The van der Waals surface area contributed by atoms with Crippen LogP contribution in [0.3, 0.4) is 0 Å². The Balaban J connectivity index is 2.39. The van der Waals surface area contributed by atoms with Gasteiger partial charge in [-0.1, -0.05) is 38.7 Å². The number of aliphatic carboxylic acids is 1. The van der Waals surface area contributed by atoms with Crippen LogP contribution in [0, 0.1) is 0 Å². The number of carboxylic acids is 1. The highest BCUT2D eigenvalue weighted by Gasteiger charge is 2.23. The van der Waals surface area contributed by atoms with E-state index in [1.165, 1.54) is 24.2 Å². The fourth-order valence-corrected chi connectivity index (χ4v) is 2.82. The van der Waals surface area contributed by atoms with Gasteiger partial charge >= 0.3 is 12.0 Å². The summed E-state index contributed by atoms with van der Waals surface area (Å²) in [6, 6.07) is 2.10. The van der Waals surface area contributed by atoms with Crippen molar-refractivity contribution in [1.82, 2.24) is 10.6 Å². The summed E-state index contributed by atoms with van der Waals surface area (Å²) < 4.78 is 0. The van der Waals surface area contributed by atoms with E-state index in [2.05, 4.69) is 17.6 Å². The molecule has 6 heteroatoms. The number of unbranched alkanes of at least 4 members (excludes halogenated alkanes) is 3. The van der Waals surface area contributed by atoms with Crippen LogP contribution in [-0.4, -0.2) is 23.1 Å². The molecule has 2 atom stereocenters. The summed E-state index contributed by atoms with van der Waals surface area (Å²) in [7, 11) is 0. The van der Waals surface area contributed by atoms with Crippen LogP contribution >= 0.6 is 11.3 Å². The second-order valence-electron chi connectivity index (χ2n) is 5.15. The predicted molar refractivity (Wildman–Crippen MR) is 84.6 cm³/mol. The number of urea groups is 1. The highest BCUT2D eigenvalue weighted by Crippen LogP contribution is 2.19. The van der Waals surface area contributed by atoms with Crippen LogP contribution in [-0.2, 0) is 4.79 Å². The monoisotopic (exact) mass is 312 g/mol. The fraction of sp³-hybridized carbons (Fsp3) is 0.600. The number of hydrogen-bond acceptors (Lipinski definition) is 3. The quantitative estimate of drug-likeness (QED) is 0.610. The maximum Gasteiger partial charge on any atom is 0.331 e. The molecule has 2 unspecified atom stereocenters. The van der Waals surface area contributed by atoms with Gasteiger partial charge in [-0.3, -0.25) is 0 Å². The van der Waals surface area contributed by atoms with Gasteiger partial charge in [-0.05, 0) is 24.8 Å². The van der Waals surface area contributed by atoms with Crippen LogP contribution in [0.5, 0.6) is 0 Å². The molecule has 0 aliphatic rings. The third-order valence-electron chi connectivity index (χ3n) is 3.22. The lowest BCUT2D eigenvalue weighted by Gasteiger charge is -2.17. The number of thiophene rings is 1. The van der Waals surface area contributed by atoms with Crippen molar-refractivity contribution in [2.75, 3.05) is 0 Å². The van der Waals surface area contributed by atoms with Crippen LogP contribution in [0.15, 0.2) is 17.5 Å². The summed E-state index contributed by atoms with van der Waals surface area (Å²) in [5.41, 5.74) is 0. The molecule has 1 rings (SSSR count). The number of carboxylic acid groups (broad SMARTS) is 1. The van der Waals surface area contributed by atoms with Gasteiger partial charge in [0.2, 0.25) is 0 Å². The van der Waals surface area contributed by atoms with E-state index in [9.17, 15) is 14.7 Å². The van der Waals surface area contributed by atoms with Gasteiger partial charge in [-0.25, -0.2) is 9.59 Å². The topological polar surface area (TPSA) is 78.4 Å². The van der Waals surface area contributed by atoms with Crippen molar-refractivity contribution >= 4 is 23.3 Å². The molecule has 118 valence electrons. The van der Waals surface area contributed by atoms with Crippen molar-refractivity contribution in [2.45, 2.75) is 58.0 Å². The maximum absolute atomic E-state index is 11.9. The molecule has 1 aromatic rings. The summed E-state index contributed by atoms with van der Waals surface area (Å²) in [4.78, 5) is 23.7. The summed E-state index contributed by atoms with van der Waals surface area (Å²) in [5.74, 6) is -1.05. The third kappa shape index (κ3) is 6.62. The molecule has 1 aromatic heterocycles. The number of nitrogens with one attached hydrogen (secondary N) is 2. The normalized spacial score (nSPS) is 13.4. The molecule has 0 fully saturated rings. The zero-order valence-corrected chi connectivity index (χ0v) is 13.4. The SMILES string of the molecule is CCCCCCC(C)NC(=O)NC(C(=O)O)c1cccs1.